The van der Waals surface area contributed by atoms with Crippen molar-refractivity contribution in [2.24, 2.45) is 0 Å². The summed E-state index contributed by atoms with van der Waals surface area (Å²) >= 11 is 5.77. The second kappa shape index (κ2) is 8.86. The number of hydrogen-bond donors (Lipinski definition) is 1. The number of nitrogens with one attached hydrogen (secondary N) is 1. The summed E-state index contributed by atoms with van der Waals surface area (Å²) in [5.74, 6) is 0.110. The van der Waals surface area contributed by atoms with Crippen molar-refractivity contribution in [3.63, 3.8) is 0 Å². The lowest BCUT2D eigenvalue weighted by Crippen LogP contribution is -2.38. The molecule has 1 aromatic heterocycles. The number of likely N-dealkylation sites (tertiary alicyclic amines) is 1. The lowest BCUT2D eigenvalue weighted by Gasteiger charge is -2.34. The first-order valence-corrected chi connectivity index (χ1v) is 11.2. The molecule has 0 bridgehead atoms. The van der Waals surface area contributed by atoms with Gasteiger partial charge in [-0.2, -0.15) is 0 Å². The largest absolute Gasteiger partial charge is 0.493 e. The van der Waals surface area contributed by atoms with Gasteiger partial charge in [0.1, 0.15) is 11.6 Å². The number of rotatable bonds is 4. The van der Waals surface area contributed by atoms with E-state index in [0.29, 0.717) is 36.6 Å². The first-order chi connectivity index (χ1) is 16.0. The van der Waals surface area contributed by atoms with Crippen molar-refractivity contribution in [2.75, 3.05) is 18.5 Å². The predicted molar refractivity (Wildman–Crippen MR) is 119 cm³/mol. The fraction of sp³-hybridized carbons (Fsp3) is 0.292. The molecule has 1 atom stereocenters. The molecule has 1 fully saturated rings. The molecule has 3 heterocycles. The van der Waals surface area contributed by atoms with E-state index in [-0.39, 0.29) is 22.7 Å². The molecule has 1 unspecified atom stereocenters. The zero-order valence-corrected chi connectivity index (χ0v) is 18.4. The lowest BCUT2D eigenvalue weighted by atomic mass is 9.98. The van der Waals surface area contributed by atoms with Crippen LogP contribution in [0.25, 0.3) is 0 Å². The fourth-order valence-electron chi connectivity index (χ4n) is 4.28. The van der Waals surface area contributed by atoms with Crippen molar-refractivity contribution in [3.8, 4) is 5.75 Å². The van der Waals surface area contributed by atoms with E-state index in [4.69, 9.17) is 20.9 Å². The molecule has 170 valence electrons. The smallest absolute Gasteiger partial charge is 0.277 e. The molecule has 2 aliphatic rings. The number of amides is 2. The van der Waals surface area contributed by atoms with Crippen molar-refractivity contribution < 1.29 is 23.2 Å². The van der Waals surface area contributed by atoms with Crippen LogP contribution in [0.4, 0.5) is 10.1 Å². The quantitative estimate of drug-likeness (QED) is 0.579. The highest BCUT2D eigenvalue weighted by atomic mass is 35.5. The maximum Gasteiger partial charge on any atom is 0.277 e. The monoisotopic (exact) mass is 469 g/mol. The van der Waals surface area contributed by atoms with Crippen molar-refractivity contribution in [2.45, 2.75) is 31.7 Å². The standard InChI is InChI=1S/C24H21ClFN3O4/c25-17-12-16(5-6-18(17)26)27-23(30)19-13-22(33-28-19)20-3-1-2-9-29(20)24(31)15-4-7-21-14(11-15)8-10-32-21/h4-7,11-13,20H,1-3,8-10H2,(H,27,30). The van der Waals surface area contributed by atoms with E-state index in [0.717, 1.165) is 30.6 Å². The zero-order chi connectivity index (χ0) is 22.9. The molecule has 33 heavy (non-hydrogen) atoms. The number of hydrogen-bond acceptors (Lipinski definition) is 5. The Morgan fingerprint density at radius 1 is 1.15 bits per heavy atom. The summed E-state index contributed by atoms with van der Waals surface area (Å²) in [7, 11) is 0. The molecule has 0 radical (unpaired) electrons. The Balaban J connectivity index is 1.34. The topological polar surface area (TPSA) is 84.7 Å². The Kier molecular flexibility index (Phi) is 5.76. The van der Waals surface area contributed by atoms with Gasteiger partial charge in [-0.15, -0.1) is 0 Å². The highest BCUT2D eigenvalue weighted by molar-refractivity contribution is 6.31. The van der Waals surface area contributed by atoms with Gasteiger partial charge in [0, 0.05) is 30.3 Å². The number of carbonyl (C=O) groups is 2. The van der Waals surface area contributed by atoms with Gasteiger partial charge in [-0.1, -0.05) is 16.8 Å². The first-order valence-electron chi connectivity index (χ1n) is 10.8. The minimum absolute atomic E-state index is 0.0677. The number of nitrogens with zero attached hydrogens (tertiary/aromatic N) is 2. The van der Waals surface area contributed by atoms with Crippen LogP contribution in [0.3, 0.4) is 0 Å². The number of anilines is 1. The second-order valence-electron chi connectivity index (χ2n) is 8.13. The SMILES string of the molecule is O=C(Nc1ccc(F)c(Cl)c1)c1cc(C2CCCCN2C(=O)c2ccc3c(c2)CCO3)on1. The molecule has 2 aliphatic heterocycles. The fourth-order valence-corrected chi connectivity index (χ4v) is 4.46. The molecule has 2 aromatic carbocycles. The number of ether oxygens (including phenoxy) is 1. The van der Waals surface area contributed by atoms with Crippen LogP contribution in [0.5, 0.6) is 5.75 Å². The number of halogens is 2. The van der Waals surface area contributed by atoms with Crippen molar-refractivity contribution in [3.05, 3.63) is 75.9 Å². The maximum atomic E-state index is 13.3. The Morgan fingerprint density at radius 2 is 2.03 bits per heavy atom. The average molecular weight is 470 g/mol. The maximum absolute atomic E-state index is 13.3. The van der Waals surface area contributed by atoms with Crippen LogP contribution in [0, 0.1) is 5.82 Å². The van der Waals surface area contributed by atoms with Crippen molar-refractivity contribution in [1.29, 1.82) is 0 Å². The van der Waals surface area contributed by atoms with E-state index < -0.39 is 11.7 Å². The summed E-state index contributed by atoms with van der Waals surface area (Å²) in [5, 5.41) is 6.42. The number of benzene rings is 2. The zero-order valence-electron chi connectivity index (χ0n) is 17.6. The summed E-state index contributed by atoms with van der Waals surface area (Å²) in [5.41, 5.74) is 2.05. The molecule has 9 heteroatoms. The lowest BCUT2D eigenvalue weighted by molar-refractivity contribution is 0.0569. The molecule has 1 N–H and O–H groups in total. The van der Waals surface area contributed by atoms with Gasteiger partial charge in [0.25, 0.3) is 11.8 Å². The summed E-state index contributed by atoms with van der Waals surface area (Å²) < 4.78 is 24.4. The molecule has 0 saturated carbocycles. The van der Waals surface area contributed by atoms with Gasteiger partial charge in [0.05, 0.1) is 17.7 Å². The van der Waals surface area contributed by atoms with Gasteiger partial charge in [0.15, 0.2) is 11.5 Å². The molecule has 7 nitrogen and oxygen atoms in total. The van der Waals surface area contributed by atoms with Crippen molar-refractivity contribution in [1.82, 2.24) is 10.1 Å². The molecule has 2 amide bonds. The summed E-state index contributed by atoms with van der Waals surface area (Å²) in [6.07, 6.45) is 3.33. The number of aromatic nitrogens is 1. The minimum Gasteiger partial charge on any atom is -0.493 e. The summed E-state index contributed by atoms with van der Waals surface area (Å²) in [6, 6.07) is 10.6. The normalized spacial score (nSPS) is 17.4. The number of fused-ring (bicyclic) bond motifs is 1. The van der Waals surface area contributed by atoms with Crippen LogP contribution >= 0.6 is 11.6 Å². The Hall–Kier alpha value is -3.39. The molecular weight excluding hydrogens is 449 g/mol. The predicted octanol–water partition coefficient (Wildman–Crippen LogP) is 5.02. The van der Waals surface area contributed by atoms with Crippen molar-refractivity contribution >= 4 is 29.1 Å². The van der Waals surface area contributed by atoms with E-state index in [2.05, 4.69) is 10.5 Å². The summed E-state index contributed by atoms with van der Waals surface area (Å²) in [6.45, 7) is 1.22. The molecule has 0 aliphatic carbocycles. The minimum atomic E-state index is -0.573. The molecule has 3 aromatic rings. The van der Waals surface area contributed by atoms with Gasteiger partial charge in [-0.05, 0) is 61.2 Å². The van der Waals surface area contributed by atoms with Crippen LogP contribution in [0.2, 0.25) is 5.02 Å². The Morgan fingerprint density at radius 3 is 2.88 bits per heavy atom. The number of piperidine rings is 1. The Labute approximate surface area is 194 Å². The molecular formula is C24H21ClFN3O4. The molecule has 1 saturated heterocycles. The van der Waals surface area contributed by atoms with E-state index in [1.165, 1.54) is 18.2 Å². The van der Waals surface area contributed by atoms with Crippen LogP contribution in [-0.4, -0.2) is 35.0 Å². The average Bonchev–Trinajstić information content (AvgIpc) is 3.50. The van der Waals surface area contributed by atoms with Crippen LogP contribution in [0.1, 0.15) is 57.5 Å². The third-order valence-corrected chi connectivity index (χ3v) is 6.26. The van der Waals surface area contributed by atoms with Crippen LogP contribution in [-0.2, 0) is 6.42 Å². The van der Waals surface area contributed by atoms with Crippen LogP contribution in [0.15, 0.2) is 47.0 Å². The van der Waals surface area contributed by atoms with Gasteiger partial charge < -0.3 is 19.5 Å². The Bertz CT molecular complexity index is 1230. The van der Waals surface area contributed by atoms with Gasteiger partial charge in [0.2, 0.25) is 0 Å². The number of carbonyl (C=O) groups excluding carboxylic acids is 2. The van der Waals surface area contributed by atoms with E-state index in [1.54, 1.807) is 17.0 Å². The van der Waals surface area contributed by atoms with E-state index in [9.17, 15) is 14.0 Å². The molecule has 5 rings (SSSR count). The molecule has 0 spiro atoms. The first kappa shape index (κ1) is 21.5. The van der Waals surface area contributed by atoms with E-state index >= 15 is 0 Å². The second-order valence-corrected chi connectivity index (χ2v) is 8.54. The van der Waals surface area contributed by atoms with Gasteiger partial charge in [-0.3, -0.25) is 9.59 Å². The summed E-state index contributed by atoms with van der Waals surface area (Å²) in [4.78, 5) is 27.7. The third kappa shape index (κ3) is 4.30. The third-order valence-electron chi connectivity index (χ3n) is 5.97. The van der Waals surface area contributed by atoms with Gasteiger partial charge >= 0.3 is 0 Å². The highest BCUT2D eigenvalue weighted by Crippen LogP contribution is 2.34. The van der Waals surface area contributed by atoms with Crippen LogP contribution < -0.4 is 10.1 Å². The van der Waals surface area contributed by atoms with Gasteiger partial charge in [-0.25, -0.2) is 4.39 Å². The van der Waals surface area contributed by atoms with E-state index in [1.807, 2.05) is 12.1 Å². The highest BCUT2D eigenvalue weighted by Gasteiger charge is 2.32.